The predicted molar refractivity (Wildman–Crippen MR) is 93.0 cm³/mol. The molecule has 0 aliphatic heterocycles. The number of hydrogen-bond acceptors (Lipinski definition) is 6. The molecular formula is C16H19N7O2. The highest BCUT2D eigenvalue weighted by molar-refractivity contribution is 5.92. The summed E-state index contributed by atoms with van der Waals surface area (Å²) in [6, 6.07) is 5.21. The molecular weight excluding hydrogens is 322 g/mol. The van der Waals surface area contributed by atoms with Crippen molar-refractivity contribution < 1.29 is 9.59 Å². The van der Waals surface area contributed by atoms with Gasteiger partial charge in [-0.15, -0.1) is 5.10 Å². The summed E-state index contributed by atoms with van der Waals surface area (Å²) in [4.78, 5) is 28.7. The minimum atomic E-state index is -0.212. The zero-order valence-electron chi connectivity index (χ0n) is 14.2. The van der Waals surface area contributed by atoms with Crippen LogP contribution in [-0.2, 0) is 11.3 Å². The van der Waals surface area contributed by atoms with Gasteiger partial charge in [0.2, 0.25) is 5.91 Å². The van der Waals surface area contributed by atoms with Crippen molar-refractivity contribution in [1.29, 1.82) is 0 Å². The van der Waals surface area contributed by atoms with E-state index in [1.165, 1.54) is 15.4 Å². The number of nitrogen functional groups attached to an aromatic ring is 1. The van der Waals surface area contributed by atoms with Crippen molar-refractivity contribution in [2.75, 3.05) is 11.1 Å². The lowest BCUT2D eigenvalue weighted by Crippen LogP contribution is -2.19. The van der Waals surface area contributed by atoms with Crippen molar-refractivity contribution in [3.8, 4) is 0 Å². The van der Waals surface area contributed by atoms with E-state index in [0.717, 1.165) is 0 Å². The highest BCUT2D eigenvalue weighted by atomic mass is 16.2. The quantitative estimate of drug-likeness (QED) is 0.693. The maximum Gasteiger partial charge on any atom is 0.254 e. The van der Waals surface area contributed by atoms with Crippen LogP contribution in [0.1, 0.15) is 24.5 Å². The van der Waals surface area contributed by atoms with Gasteiger partial charge >= 0.3 is 0 Å². The van der Waals surface area contributed by atoms with E-state index >= 15 is 0 Å². The first kappa shape index (κ1) is 16.6. The highest BCUT2D eigenvalue weighted by Crippen LogP contribution is 2.19. The van der Waals surface area contributed by atoms with E-state index in [4.69, 9.17) is 5.73 Å². The standard InChI is InChI=1S/C16H19N7O2/c1-9(2)16(25)19-14-7-22(21-20-14)8-15(24)23-10(3)18-12-6-11(17)4-5-13(12)23/h4-7,9H,8,17H2,1-3H3,(H,19,25). The van der Waals surface area contributed by atoms with E-state index in [1.807, 2.05) is 0 Å². The van der Waals surface area contributed by atoms with E-state index in [2.05, 4.69) is 20.6 Å². The number of anilines is 2. The van der Waals surface area contributed by atoms with Crippen molar-refractivity contribution in [3.05, 3.63) is 30.2 Å². The van der Waals surface area contributed by atoms with Gasteiger partial charge in [-0.05, 0) is 25.1 Å². The second-order valence-corrected chi connectivity index (χ2v) is 6.08. The number of aryl methyl sites for hydroxylation is 1. The Kier molecular flexibility index (Phi) is 4.22. The Morgan fingerprint density at radius 1 is 1.32 bits per heavy atom. The van der Waals surface area contributed by atoms with Crippen molar-refractivity contribution >= 4 is 34.4 Å². The number of aromatic nitrogens is 5. The first-order valence-corrected chi connectivity index (χ1v) is 7.84. The van der Waals surface area contributed by atoms with E-state index < -0.39 is 0 Å². The van der Waals surface area contributed by atoms with Crippen LogP contribution in [0.4, 0.5) is 11.5 Å². The minimum absolute atomic E-state index is 0.0266. The molecule has 0 aliphatic carbocycles. The predicted octanol–water partition coefficient (Wildman–Crippen LogP) is 1.45. The molecule has 0 saturated carbocycles. The largest absolute Gasteiger partial charge is 0.399 e. The number of nitrogens with one attached hydrogen (secondary N) is 1. The first-order valence-electron chi connectivity index (χ1n) is 7.84. The molecule has 0 aliphatic rings. The topological polar surface area (TPSA) is 121 Å². The Balaban J connectivity index is 1.80. The molecule has 25 heavy (non-hydrogen) atoms. The molecule has 0 unspecified atom stereocenters. The number of benzene rings is 1. The van der Waals surface area contributed by atoms with Gasteiger partial charge in [-0.25, -0.2) is 9.67 Å². The van der Waals surface area contributed by atoms with Gasteiger partial charge in [0.25, 0.3) is 5.91 Å². The number of hydrogen-bond donors (Lipinski definition) is 2. The number of carbonyl (C=O) groups excluding carboxylic acids is 2. The third-order valence-corrected chi connectivity index (χ3v) is 3.71. The fourth-order valence-corrected chi connectivity index (χ4v) is 2.45. The first-order chi connectivity index (χ1) is 11.8. The third-order valence-electron chi connectivity index (χ3n) is 3.71. The van der Waals surface area contributed by atoms with Crippen LogP contribution in [0.15, 0.2) is 24.4 Å². The second kappa shape index (κ2) is 6.34. The molecule has 3 N–H and O–H groups in total. The SMILES string of the molecule is Cc1nc2cc(N)ccc2n1C(=O)Cn1cc(NC(=O)C(C)C)nn1. The Morgan fingerprint density at radius 3 is 2.80 bits per heavy atom. The summed E-state index contributed by atoms with van der Waals surface area (Å²) in [7, 11) is 0. The van der Waals surface area contributed by atoms with Gasteiger partial charge in [-0.1, -0.05) is 19.1 Å². The maximum absolute atomic E-state index is 12.7. The van der Waals surface area contributed by atoms with E-state index in [-0.39, 0.29) is 24.3 Å². The zero-order valence-corrected chi connectivity index (χ0v) is 14.2. The van der Waals surface area contributed by atoms with Crippen LogP contribution in [0.3, 0.4) is 0 Å². The molecule has 1 aromatic carbocycles. The van der Waals surface area contributed by atoms with Crippen LogP contribution < -0.4 is 11.1 Å². The number of fused-ring (bicyclic) bond motifs is 1. The van der Waals surface area contributed by atoms with Crippen molar-refractivity contribution in [2.45, 2.75) is 27.3 Å². The molecule has 0 radical (unpaired) electrons. The Morgan fingerprint density at radius 2 is 2.08 bits per heavy atom. The molecule has 0 bridgehead atoms. The smallest absolute Gasteiger partial charge is 0.254 e. The van der Waals surface area contributed by atoms with Gasteiger partial charge in [-0.2, -0.15) is 0 Å². The number of imidazole rings is 1. The molecule has 0 atom stereocenters. The molecule has 0 saturated heterocycles. The van der Waals surface area contributed by atoms with Gasteiger partial charge in [0, 0.05) is 11.6 Å². The summed E-state index contributed by atoms with van der Waals surface area (Å²) in [6.45, 7) is 5.29. The second-order valence-electron chi connectivity index (χ2n) is 6.08. The number of nitrogens with two attached hydrogens (primary N) is 1. The summed E-state index contributed by atoms with van der Waals surface area (Å²) in [5.74, 6) is 0.341. The van der Waals surface area contributed by atoms with E-state index in [0.29, 0.717) is 28.4 Å². The fraction of sp³-hybridized carbons (Fsp3) is 0.312. The van der Waals surface area contributed by atoms with Crippen molar-refractivity contribution in [3.63, 3.8) is 0 Å². The summed E-state index contributed by atoms with van der Waals surface area (Å²) in [5, 5.41) is 10.4. The fourth-order valence-electron chi connectivity index (χ4n) is 2.45. The molecule has 3 aromatic rings. The van der Waals surface area contributed by atoms with Gasteiger partial charge in [0.15, 0.2) is 5.82 Å². The normalized spacial score (nSPS) is 11.2. The average molecular weight is 341 g/mol. The molecule has 2 heterocycles. The van der Waals surface area contributed by atoms with Gasteiger partial charge in [-0.3, -0.25) is 14.2 Å². The monoisotopic (exact) mass is 341 g/mol. The Labute approximate surface area is 143 Å². The van der Waals surface area contributed by atoms with Gasteiger partial charge in [0.05, 0.1) is 17.2 Å². The molecule has 3 rings (SSSR count). The van der Waals surface area contributed by atoms with Crippen LogP contribution in [0.25, 0.3) is 11.0 Å². The molecule has 0 spiro atoms. The summed E-state index contributed by atoms with van der Waals surface area (Å²) >= 11 is 0. The number of nitrogens with zero attached hydrogens (tertiary/aromatic N) is 5. The summed E-state index contributed by atoms with van der Waals surface area (Å²) in [5.41, 5.74) is 7.69. The minimum Gasteiger partial charge on any atom is -0.399 e. The van der Waals surface area contributed by atoms with Crippen molar-refractivity contribution in [2.24, 2.45) is 5.92 Å². The molecule has 9 heteroatoms. The lowest BCUT2D eigenvalue weighted by molar-refractivity contribution is -0.118. The lowest BCUT2D eigenvalue weighted by atomic mass is 10.2. The Hall–Kier alpha value is -3.23. The van der Waals surface area contributed by atoms with Crippen LogP contribution >= 0.6 is 0 Å². The Bertz CT molecular complexity index is 955. The zero-order chi connectivity index (χ0) is 18.1. The molecule has 9 nitrogen and oxygen atoms in total. The molecule has 1 amide bonds. The van der Waals surface area contributed by atoms with Crippen LogP contribution in [0.2, 0.25) is 0 Å². The van der Waals surface area contributed by atoms with Crippen LogP contribution in [-0.4, -0.2) is 36.4 Å². The average Bonchev–Trinajstić information content (AvgIpc) is 3.09. The van der Waals surface area contributed by atoms with Crippen LogP contribution in [0, 0.1) is 12.8 Å². The van der Waals surface area contributed by atoms with Crippen LogP contribution in [0.5, 0.6) is 0 Å². The number of rotatable bonds is 4. The summed E-state index contributed by atoms with van der Waals surface area (Å²) in [6.07, 6.45) is 1.52. The summed E-state index contributed by atoms with van der Waals surface area (Å²) < 4.78 is 2.89. The van der Waals surface area contributed by atoms with Crippen molar-refractivity contribution in [1.82, 2.24) is 24.5 Å². The molecule has 0 fully saturated rings. The molecule has 2 aromatic heterocycles. The van der Waals surface area contributed by atoms with E-state index in [9.17, 15) is 9.59 Å². The number of carbonyl (C=O) groups is 2. The third kappa shape index (κ3) is 3.35. The van der Waals surface area contributed by atoms with E-state index in [1.54, 1.807) is 39.0 Å². The molecule has 130 valence electrons. The highest BCUT2D eigenvalue weighted by Gasteiger charge is 2.16. The van der Waals surface area contributed by atoms with Gasteiger partial charge in [0.1, 0.15) is 12.4 Å². The maximum atomic E-state index is 12.7. The number of amides is 1. The van der Waals surface area contributed by atoms with Gasteiger partial charge < -0.3 is 11.1 Å². The lowest BCUT2D eigenvalue weighted by Gasteiger charge is -2.05.